The van der Waals surface area contributed by atoms with Gasteiger partial charge in [0.2, 0.25) is 5.79 Å². The van der Waals surface area contributed by atoms with Crippen LogP contribution in [0, 0.1) is 5.92 Å². The maximum absolute atomic E-state index is 11.8. The van der Waals surface area contributed by atoms with Crippen LogP contribution in [0.5, 0.6) is 0 Å². The highest BCUT2D eigenvalue weighted by molar-refractivity contribution is 5.78. The Balaban J connectivity index is 2.46. The first-order valence-electron chi connectivity index (χ1n) is 7.73. The summed E-state index contributed by atoms with van der Waals surface area (Å²) in [4.78, 5) is 23.3. The van der Waals surface area contributed by atoms with Crippen LogP contribution in [0.2, 0.25) is 0 Å². The highest BCUT2D eigenvalue weighted by atomic mass is 16.7. The molecule has 1 N–H and O–H groups in total. The molecule has 1 rings (SSSR count). The Morgan fingerprint density at radius 1 is 1.39 bits per heavy atom. The minimum absolute atomic E-state index is 0.112. The van der Waals surface area contributed by atoms with Crippen molar-refractivity contribution in [1.29, 1.82) is 0 Å². The van der Waals surface area contributed by atoms with E-state index in [2.05, 4.69) is 6.58 Å². The van der Waals surface area contributed by atoms with E-state index in [4.69, 9.17) is 14.2 Å². The van der Waals surface area contributed by atoms with Crippen LogP contribution < -0.4 is 0 Å². The van der Waals surface area contributed by atoms with E-state index in [1.165, 1.54) is 13.8 Å². The number of hydrogen-bond acceptors (Lipinski definition) is 6. The first kappa shape index (κ1) is 19.4. The van der Waals surface area contributed by atoms with Gasteiger partial charge >= 0.3 is 11.9 Å². The van der Waals surface area contributed by atoms with Crippen LogP contribution in [0.3, 0.4) is 0 Å². The van der Waals surface area contributed by atoms with Crippen LogP contribution in [0.25, 0.3) is 0 Å². The molecule has 130 valence electrons. The van der Waals surface area contributed by atoms with Crippen LogP contribution in [0.15, 0.2) is 24.5 Å². The Hall–Kier alpha value is -1.66. The lowest BCUT2D eigenvalue weighted by molar-refractivity contribution is -0.195. The number of allylic oxidation sites excluding steroid dienone is 2. The molecular formula is C17H26O6. The number of hydrogen-bond donors (Lipinski definition) is 1. The third-order valence-electron chi connectivity index (χ3n) is 3.43. The topological polar surface area (TPSA) is 82.1 Å². The predicted octanol–water partition coefficient (Wildman–Crippen LogP) is 2.47. The molecule has 0 saturated heterocycles. The number of ether oxygens (including phenoxy) is 3. The zero-order chi connectivity index (χ0) is 17.5. The van der Waals surface area contributed by atoms with Gasteiger partial charge in [-0.25, -0.2) is 0 Å². The minimum atomic E-state index is -1.55. The first-order chi connectivity index (χ1) is 10.7. The van der Waals surface area contributed by atoms with Crippen molar-refractivity contribution in [2.45, 2.75) is 57.8 Å². The van der Waals surface area contributed by atoms with Crippen molar-refractivity contribution in [3.63, 3.8) is 0 Å². The number of methoxy groups -OCH3 is 1. The van der Waals surface area contributed by atoms with E-state index in [-0.39, 0.29) is 18.9 Å². The van der Waals surface area contributed by atoms with Crippen molar-refractivity contribution in [2.75, 3.05) is 7.11 Å². The molecule has 0 aromatic heterocycles. The minimum Gasteiger partial charge on any atom is -0.434 e. The highest BCUT2D eigenvalue weighted by Crippen LogP contribution is 2.29. The number of carbonyl (C=O) groups is 2. The zero-order valence-corrected chi connectivity index (χ0v) is 14.0. The average Bonchev–Trinajstić information content (AvgIpc) is 2.45. The molecule has 6 nitrogen and oxygen atoms in total. The van der Waals surface area contributed by atoms with Gasteiger partial charge < -0.3 is 19.3 Å². The van der Waals surface area contributed by atoms with Gasteiger partial charge in [-0.05, 0) is 31.3 Å². The third kappa shape index (κ3) is 7.43. The summed E-state index contributed by atoms with van der Waals surface area (Å²) in [5.74, 6) is -1.79. The number of rotatable bonds is 8. The van der Waals surface area contributed by atoms with Crippen LogP contribution >= 0.6 is 0 Å². The SMILES string of the molecule is C=CCC1CC=C(OC(=O)CCC(=O)OC(C)(C)O)C(OC)C1. The normalized spacial score (nSPS) is 21.3. The van der Waals surface area contributed by atoms with Crippen molar-refractivity contribution in [1.82, 2.24) is 0 Å². The molecule has 0 heterocycles. The molecule has 0 amide bonds. The molecule has 0 aromatic rings. The summed E-state index contributed by atoms with van der Waals surface area (Å²) in [6, 6.07) is 0. The molecular weight excluding hydrogens is 300 g/mol. The fourth-order valence-electron chi connectivity index (χ4n) is 2.39. The van der Waals surface area contributed by atoms with E-state index in [9.17, 15) is 14.7 Å². The Morgan fingerprint density at radius 3 is 2.61 bits per heavy atom. The Labute approximate surface area is 137 Å². The number of carbonyl (C=O) groups excluding carboxylic acids is 2. The van der Waals surface area contributed by atoms with Gasteiger partial charge in [0.1, 0.15) is 11.9 Å². The van der Waals surface area contributed by atoms with E-state index in [1.807, 2.05) is 12.2 Å². The van der Waals surface area contributed by atoms with Crippen molar-refractivity contribution in [3.05, 3.63) is 24.5 Å². The van der Waals surface area contributed by atoms with E-state index in [1.54, 1.807) is 7.11 Å². The lowest BCUT2D eigenvalue weighted by atomic mass is 9.89. The van der Waals surface area contributed by atoms with Gasteiger partial charge in [-0.3, -0.25) is 9.59 Å². The molecule has 1 aliphatic carbocycles. The van der Waals surface area contributed by atoms with Crippen LogP contribution in [0.1, 0.15) is 46.0 Å². The van der Waals surface area contributed by atoms with Crippen molar-refractivity contribution in [3.8, 4) is 0 Å². The van der Waals surface area contributed by atoms with E-state index >= 15 is 0 Å². The molecule has 2 atom stereocenters. The van der Waals surface area contributed by atoms with Gasteiger partial charge in [-0.1, -0.05) is 6.08 Å². The summed E-state index contributed by atoms with van der Waals surface area (Å²) < 4.78 is 15.4. The third-order valence-corrected chi connectivity index (χ3v) is 3.43. The summed E-state index contributed by atoms with van der Waals surface area (Å²) in [5.41, 5.74) is 0. The molecule has 0 aliphatic heterocycles. The van der Waals surface area contributed by atoms with Crippen LogP contribution in [0.4, 0.5) is 0 Å². The number of aliphatic hydroxyl groups is 1. The molecule has 2 unspecified atom stereocenters. The quantitative estimate of drug-likeness (QED) is 0.419. The van der Waals surface area contributed by atoms with Crippen molar-refractivity contribution < 1.29 is 28.9 Å². The summed E-state index contributed by atoms with van der Waals surface area (Å²) in [6.45, 7) is 6.42. The monoisotopic (exact) mass is 326 g/mol. The average molecular weight is 326 g/mol. The van der Waals surface area contributed by atoms with E-state index < -0.39 is 17.7 Å². The standard InChI is InChI=1S/C17H26O6/c1-5-6-12-7-8-13(14(11-12)21-4)22-15(18)9-10-16(19)23-17(2,3)20/h5,8,12,14,20H,1,6-7,9-11H2,2-4H3. The molecule has 6 heteroatoms. The summed E-state index contributed by atoms with van der Waals surface area (Å²) in [6.07, 6.45) is 5.67. The van der Waals surface area contributed by atoms with Gasteiger partial charge in [0.05, 0.1) is 12.8 Å². The summed E-state index contributed by atoms with van der Waals surface area (Å²) in [5, 5.41) is 9.36. The molecule has 0 bridgehead atoms. The maximum Gasteiger partial charge on any atom is 0.311 e. The van der Waals surface area contributed by atoms with Crippen LogP contribution in [-0.2, 0) is 23.8 Å². The van der Waals surface area contributed by atoms with Gasteiger partial charge in [-0.15, -0.1) is 6.58 Å². The molecule has 0 radical (unpaired) electrons. The molecule has 23 heavy (non-hydrogen) atoms. The second-order valence-electron chi connectivity index (χ2n) is 6.09. The Bertz CT molecular complexity index is 460. The second kappa shape index (κ2) is 8.84. The smallest absolute Gasteiger partial charge is 0.311 e. The van der Waals surface area contributed by atoms with Gasteiger partial charge in [-0.2, -0.15) is 0 Å². The molecule has 1 aliphatic rings. The molecule has 0 aromatic carbocycles. The lowest BCUT2D eigenvalue weighted by Crippen LogP contribution is -2.28. The fourth-order valence-corrected chi connectivity index (χ4v) is 2.39. The van der Waals surface area contributed by atoms with Crippen molar-refractivity contribution >= 4 is 11.9 Å². The Morgan fingerprint density at radius 2 is 2.04 bits per heavy atom. The van der Waals surface area contributed by atoms with Crippen LogP contribution in [-0.4, -0.2) is 36.0 Å². The van der Waals surface area contributed by atoms with E-state index in [0.717, 1.165) is 19.3 Å². The summed E-state index contributed by atoms with van der Waals surface area (Å²) in [7, 11) is 1.57. The zero-order valence-electron chi connectivity index (χ0n) is 14.0. The molecule has 0 fully saturated rings. The first-order valence-corrected chi connectivity index (χ1v) is 7.73. The Kier molecular flexibility index (Phi) is 7.45. The molecule has 0 saturated carbocycles. The largest absolute Gasteiger partial charge is 0.434 e. The number of esters is 2. The lowest BCUT2D eigenvalue weighted by Gasteiger charge is -2.27. The fraction of sp³-hybridized carbons (Fsp3) is 0.647. The van der Waals surface area contributed by atoms with Gasteiger partial charge in [0, 0.05) is 21.0 Å². The molecule has 0 spiro atoms. The maximum atomic E-state index is 11.8. The van der Waals surface area contributed by atoms with Crippen molar-refractivity contribution in [2.24, 2.45) is 5.92 Å². The van der Waals surface area contributed by atoms with E-state index in [0.29, 0.717) is 11.7 Å². The second-order valence-corrected chi connectivity index (χ2v) is 6.09. The van der Waals surface area contributed by atoms with Gasteiger partial charge in [0.25, 0.3) is 0 Å². The summed E-state index contributed by atoms with van der Waals surface area (Å²) >= 11 is 0. The highest BCUT2D eigenvalue weighted by Gasteiger charge is 2.27. The predicted molar refractivity (Wildman–Crippen MR) is 84.1 cm³/mol. The van der Waals surface area contributed by atoms with Gasteiger partial charge in [0.15, 0.2) is 0 Å².